The summed E-state index contributed by atoms with van der Waals surface area (Å²) >= 11 is 6.58. The number of thioether (sulfide) groups is 1. The topological polar surface area (TPSA) is 48.0 Å². The molecule has 28 heavy (non-hydrogen) atoms. The van der Waals surface area contributed by atoms with E-state index in [0.29, 0.717) is 34.7 Å². The van der Waals surface area contributed by atoms with E-state index in [1.165, 1.54) is 11.8 Å². The van der Waals surface area contributed by atoms with E-state index in [4.69, 9.17) is 26.4 Å². The Bertz CT molecular complexity index is 897. The zero-order valence-corrected chi connectivity index (χ0v) is 17.3. The number of ether oxygens (including phenoxy) is 3. The Morgan fingerprint density at radius 1 is 1.07 bits per heavy atom. The van der Waals surface area contributed by atoms with Crippen LogP contribution in [-0.2, 0) is 4.79 Å². The number of hydrogen-bond acceptors (Lipinski definition) is 6. The predicted octanol–water partition coefficient (Wildman–Crippen LogP) is 4.37. The Morgan fingerprint density at radius 3 is 2.57 bits per heavy atom. The van der Waals surface area contributed by atoms with Gasteiger partial charge in [-0.1, -0.05) is 48.2 Å². The summed E-state index contributed by atoms with van der Waals surface area (Å²) in [5.74, 6) is 2.10. The van der Waals surface area contributed by atoms with Gasteiger partial charge >= 0.3 is 0 Å². The molecule has 1 aliphatic rings. The maximum Gasteiger partial charge on any atom is 0.266 e. The Kier molecular flexibility index (Phi) is 6.95. The van der Waals surface area contributed by atoms with E-state index >= 15 is 0 Å². The largest absolute Gasteiger partial charge is 0.497 e. The van der Waals surface area contributed by atoms with Crippen molar-refractivity contribution in [1.29, 1.82) is 0 Å². The quantitative estimate of drug-likeness (QED) is 0.362. The third-order valence-electron chi connectivity index (χ3n) is 4.05. The molecule has 3 rings (SSSR count). The molecule has 0 unspecified atom stereocenters. The second-order valence-corrected chi connectivity index (χ2v) is 7.52. The second kappa shape index (κ2) is 9.61. The van der Waals surface area contributed by atoms with Crippen LogP contribution in [0.25, 0.3) is 6.08 Å². The minimum absolute atomic E-state index is 0.0614. The van der Waals surface area contributed by atoms with E-state index in [2.05, 4.69) is 0 Å². The molecule has 1 aliphatic heterocycles. The molecule has 7 heteroatoms. The number of carbonyl (C=O) groups excluding carboxylic acids is 1. The highest BCUT2D eigenvalue weighted by atomic mass is 32.2. The smallest absolute Gasteiger partial charge is 0.266 e. The Morgan fingerprint density at radius 2 is 1.82 bits per heavy atom. The first kappa shape index (κ1) is 20.2. The van der Waals surface area contributed by atoms with Gasteiger partial charge in [-0.15, -0.1) is 0 Å². The van der Waals surface area contributed by atoms with E-state index in [1.54, 1.807) is 12.0 Å². The third-order valence-corrected chi connectivity index (χ3v) is 5.42. The number of methoxy groups -OCH3 is 1. The minimum Gasteiger partial charge on any atom is -0.497 e. The van der Waals surface area contributed by atoms with Crippen molar-refractivity contribution in [2.45, 2.75) is 6.92 Å². The zero-order valence-electron chi connectivity index (χ0n) is 15.7. The van der Waals surface area contributed by atoms with Gasteiger partial charge in [-0.3, -0.25) is 9.69 Å². The first-order chi connectivity index (χ1) is 13.6. The number of nitrogens with zero attached hydrogens (tertiary/aromatic N) is 1. The fraction of sp³-hybridized carbons (Fsp3) is 0.238. The van der Waals surface area contributed by atoms with E-state index < -0.39 is 0 Å². The molecule has 1 fully saturated rings. The van der Waals surface area contributed by atoms with Crippen LogP contribution in [0.4, 0.5) is 0 Å². The average molecular weight is 416 g/mol. The maximum absolute atomic E-state index is 12.4. The summed E-state index contributed by atoms with van der Waals surface area (Å²) in [4.78, 5) is 14.6. The van der Waals surface area contributed by atoms with Crippen LogP contribution >= 0.6 is 24.0 Å². The van der Waals surface area contributed by atoms with E-state index in [1.807, 2.05) is 61.5 Å². The fourth-order valence-electron chi connectivity index (χ4n) is 2.65. The van der Waals surface area contributed by atoms with Crippen molar-refractivity contribution in [2.75, 3.05) is 26.9 Å². The Labute approximate surface area is 174 Å². The van der Waals surface area contributed by atoms with Crippen LogP contribution < -0.4 is 14.2 Å². The maximum atomic E-state index is 12.4. The Hall–Kier alpha value is -2.51. The van der Waals surface area contributed by atoms with Gasteiger partial charge < -0.3 is 14.2 Å². The second-order valence-electron chi connectivity index (χ2n) is 5.84. The molecule has 0 aromatic heterocycles. The molecule has 0 bridgehead atoms. The lowest BCUT2D eigenvalue weighted by atomic mass is 10.2. The number of rotatable bonds is 8. The molecule has 146 valence electrons. The molecule has 0 N–H and O–H groups in total. The lowest BCUT2D eigenvalue weighted by molar-refractivity contribution is -0.121. The molecular formula is C21H21NO4S2. The van der Waals surface area contributed by atoms with E-state index in [0.717, 1.165) is 17.1 Å². The third kappa shape index (κ3) is 4.85. The van der Waals surface area contributed by atoms with Crippen LogP contribution in [-0.4, -0.2) is 42.0 Å². The van der Waals surface area contributed by atoms with Gasteiger partial charge in [0.25, 0.3) is 5.91 Å². The standard InChI is InChI=1S/C21H21NO4S2/c1-3-22-20(23)19(28-21(22)27)13-15-7-4-5-10-18(15)26-12-11-25-17-9-6-8-16(14-17)24-2/h4-10,13-14H,3,11-12H2,1-2H3. The van der Waals surface area contributed by atoms with Gasteiger partial charge in [-0.2, -0.15) is 0 Å². The molecule has 1 heterocycles. The monoisotopic (exact) mass is 415 g/mol. The van der Waals surface area contributed by atoms with Crippen LogP contribution in [0.2, 0.25) is 0 Å². The van der Waals surface area contributed by atoms with Crippen molar-refractivity contribution in [2.24, 2.45) is 0 Å². The number of amides is 1. The molecule has 1 amide bonds. The number of benzene rings is 2. The van der Waals surface area contributed by atoms with Crippen LogP contribution in [0.15, 0.2) is 53.4 Å². The van der Waals surface area contributed by atoms with Crippen LogP contribution in [0, 0.1) is 0 Å². The van der Waals surface area contributed by atoms with Gasteiger partial charge in [0.15, 0.2) is 0 Å². The van der Waals surface area contributed by atoms with Crippen molar-refractivity contribution >= 4 is 40.3 Å². The van der Waals surface area contributed by atoms with Crippen molar-refractivity contribution in [1.82, 2.24) is 4.90 Å². The highest BCUT2D eigenvalue weighted by Gasteiger charge is 2.30. The molecule has 0 radical (unpaired) electrons. The molecule has 0 atom stereocenters. The summed E-state index contributed by atoms with van der Waals surface area (Å²) < 4.78 is 17.3. The predicted molar refractivity (Wildman–Crippen MR) is 116 cm³/mol. The van der Waals surface area contributed by atoms with Crippen LogP contribution in [0.3, 0.4) is 0 Å². The lowest BCUT2D eigenvalue weighted by Crippen LogP contribution is -2.27. The molecule has 0 aliphatic carbocycles. The Balaban J connectivity index is 1.62. The molecule has 2 aromatic rings. The van der Waals surface area contributed by atoms with E-state index in [-0.39, 0.29) is 5.91 Å². The number of para-hydroxylation sites is 1. The van der Waals surface area contributed by atoms with Crippen LogP contribution in [0.1, 0.15) is 12.5 Å². The van der Waals surface area contributed by atoms with Gasteiger partial charge in [-0.05, 0) is 31.2 Å². The summed E-state index contributed by atoms with van der Waals surface area (Å²) in [6.07, 6.45) is 1.83. The zero-order chi connectivity index (χ0) is 19.9. The van der Waals surface area contributed by atoms with Crippen molar-refractivity contribution in [3.8, 4) is 17.2 Å². The lowest BCUT2D eigenvalue weighted by Gasteiger charge is -2.11. The van der Waals surface area contributed by atoms with Crippen molar-refractivity contribution in [3.63, 3.8) is 0 Å². The van der Waals surface area contributed by atoms with Gasteiger partial charge in [0.05, 0.1) is 12.0 Å². The van der Waals surface area contributed by atoms with Crippen LogP contribution in [0.5, 0.6) is 17.2 Å². The highest BCUT2D eigenvalue weighted by Crippen LogP contribution is 2.34. The molecule has 0 spiro atoms. The molecule has 5 nitrogen and oxygen atoms in total. The molecule has 0 saturated carbocycles. The number of hydrogen-bond donors (Lipinski definition) is 0. The normalized spacial score (nSPS) is 15.2. The van der Waals surface area contributed by atoms with Gasteiger partial charge in [0, 0.05) is 18.2 Å². The minimum atomic E-state index is -0.0614. The van der Waals surface area contributed by atoms with Gasteiger partial charge in [0.1, 0.15) is 34.8 Å². The number of likely N-dealkylation sites (N-methyl/N-ethyl adjacent to an activating group) is 1. The summed E-state index contributed by atoms with van der Waals surface area (Å²) in [6.45, 7) is 3.24. The summed E-state index contributed by atoms with van der Waals surface area (Å²) in [5.41, 5.74) is 0.834. The first-order valence-corrected chi connectivity index (χ1v) is 10.1. The number of carbonyl (C=O) groups is 1. The summed E-state index contributed by atoms with van der Waals surface area (Å²) in [5, 5.41) is 0. The average Bonchev–Trinajstić information content (AvgIpc) is 2.99. The summed E-state index contributed by atoms with van der Waals surface area (Å²) in [7, 11) is 1.62. The number of thiocarbonyl (C=S) groups is 1. The summed E-state index contributed by atoms with van der Waals surface area (Å²) in [6, 6.07) is 15.0. The highest BCUT2D eigenvalue weighted by molar-refractivity contribution is 8.26. The van der Waals surface area contributed by atoms with Gasteiger partial charge in [0.2, 0.25) is 0 Å². The van der Waals surface area contributed by atoms with Crippen molar-refractivity contribution in [3.05, 3.63) is 59.0 Å². The molecule has 2 aromatic carbocycles. The van der Waals surface area contributed by atoms with E-state index in [9.17, 15) is 4.79 Å². The van der Waals surface area contributed by atoms with Gasteiger partial charge in [-0.25, -0.2) is 0 Å². The fourth-order valence-corrected chi connectivity index (χ4v) is 4.02. The first-order valence-electron chi connectivity index (χ1n) is 8.86. The molecule has 1 saturated heterocycles. The molecular weight excluding hydrogens is 394 g/mol. The SMILES string of the molecule is CCN1C(=O)C(=Cc2ccccc2OCCOc2cccc(OC)c2)SC1=S. The van der Waals surface area contributed by atoms with Crippen molar-refractivity contribution < 1.29 is 19.0 Å².